The first-order valence-corrected chi connectivity index (χ1v) is 7.08. The predicted molar refractivity (Wildman–Crippen MR) is 71.7 cm³/mol. The maximum Gasteiger partial charge on any atom is 0.508 e. The van der Waals surface area contributed by atoms with Crippen molar-refractivity contribution in [2.75, 3.05) is 26.4 Å². The van der Waals surface area contributed by atoms with Crippen LogP contribution < -0.4 is 0 Å². The zero-order valence-corrected chi connectivity index (χ0v) is 12.1. The SMILES string of the molecule is CCOC(=O)OCCOCCCCCC(C)CC. The third-order valence-electron chi connectivity index (χ3n) is 2.89. The quantitative estimate of drug-likeness (QED) is 0.419. The van der Waals surface area contributed by atoms with Gasteiger partial charge in [0.2, 0.25) is 0 Å². The summed E-state index contributed by atoms with van der Waals surface area (Å²) >= 11 is 0. The van der Waals surface area contributed by atoms with Crippen LogP contribution in [-0.2, 0) is 14.2 Å². The molecule has 0 rings (SSSR count). The van der Waals surface area contributed by atoms with Crippen LogP contribution in [-0.4, -0.2) is 32.6 Å². The summed E-state index contributed by atoms with van der Waals surface area (Å²) in [5, 5.41) is 0. The molecule has 0 saturated heterocycles. The van der Waals surface area contributed by atoms with Crippen molar-refractivity contribution < 1.29 is 19.0 Å². The Morgan fingerprint density at radius 3 is 2.44 bits per heavy atom. The highest BCUT2D eigenvalue weighted by Gasteiger charge is 2.01. The Bertz CT molecular complexity index is 194. The minimum Gasteiger partial charge on any atom is -0.435 e. The topological polar surface area (TPSA) is 44.8 Å². The van der Waals surface area contributed by atoms with E-state index in [1.54, 1.807) is 6.92 Å². The molecule has 0 aromatic rings. The van der Waals surface area contributed by atoms with Gasteiger partial charge in [-0.15, -0.1) is 0 Å². The third kappa shape index (κ3) is 11.7. The largest absolute Gasteiger partial charge is 0.508 e. The van der Waals surface area contributed by atoms with Crippen LogP contribution in [0.15, 0.2) is 0 Å². The zero-order valence-electron chi connectivity index (χ0n) is 12.1. The van der Waals surface area contributed by atoms with E-state index in [0.717, 1.165) is 18.9 Å². The number of hydrogen-bond acceptors (Lipinski definition) is 4. The zero-order chi connectivity index (χ0) is 13.6. The normalized spacial score (nSPS) is 12.2. The summed E-state index contributed by atoms with van der Waals surface area (Å²) in [6.45, 7) is 8.08. The Balaban J connectivity index is 3.10. The maximum absolute atomic E-state index is 10.8. The van der Waals surface area contributed by atoms with E-state index in [1.807, 2.05) is 0 Å². The van der Waals surface area contributed by atoms with Gasteiger partial charge < -0.3 is 14.2 Å². The highest BCUT2D eigenvalue weighted by atomic mass is 16.7. The first-order valence-electron chi connectivity index (χ1n) is 7.08. The summed E-state index contributed by atoms with van der Waals surface area (Å²) < 4.78 is 14.8. The molecular formula is C14H28O4. The molecule has 0 aromatic carbocycles. The number of unbranched alkanes of at least 4 members (excludes halogenated alkanes) is 2. The molecule has 0 aliphatic rings. The van der Waals surface area contributed by atoms with E-state index >= 15 is 0 Å². The number of hydrogen-bond donors (Lipinski definition) is 0. The Labute approximate surface area is 111 Å². The molecule has 0 heterocycles. The van der Waals surface area contributed by atoms with Gasteiger partial charge in [0.15, 0.2) is 0 Å². The Kier molecular flexibility index (Phi) is 12.1. The van der Waals surface area contributed by atoms with Gasteiger partial charge >= 0.3 is 6.16 Å². The molecule has 1 atom stereocenters. The van der Waals surface area contributed by atoms with Gasteiger partial charge in [-0.05, 0) is 19.3 Å². The lowest BCUT2D eigenvalue weighted by Gasteiger charge is -2.08. The monoisotopic (exact) mass is 260 g/mol. The molecule has 0 amide bonds. The van der Waals surface area contributed by atoms with Crippen LogP contribution in [0.5, 0.6) is 0 Å². The number of carbonyl (C=O) groups excluding carboxylic acids is 1. The molecule has 108 valence electrons. The van der Waals surface area contributed by atoms with Crippen LogP contribution in [0.4, 0.5) is 4.79 Å². The third-order valence-corrected chi connectivity index (χ3v) is 2.89. The van der Waals surface area contributed by atoms with Gasteiger partial charge in [0.25, 0.3) is 0 Å². The molecule has 0 N–H and O–H groups in total. The molecule has 4 heteroatoms. The highest BCUT2D eigenvalue weighted by Crippen LogP contribution is 2.11. The first kappa shape index (κ1) is 17.2. The van der Waals surface area contributed by atoms with Gasteiger partial charge in [-0.25, -0.2) is 4.79 Å². The molecule has 4 nitrogen and oxygen atoms in total. The second-order valence-corrected chi connectivity index (χ2v) is 4.51. The molecule has 0 aliphatic heterocycles. The van der Waals surface area contributed by atoms with E-state index in [2.05, 4.69) is 18.6 Å². The molecule has 0 fully saturated rings. The van der Waals surface area contributed by atoms with Gasteiger partial charge in [0.05, 0.1) is 13.2 Å². The molecule has 1 unspecified atom stereocenters. The molecule has 0 saturated carbocycles. The second kappa shape index (κ2) is 12.7. The van der Waals surface area contributed by atoms with E-state index < -0.39 is 6.16 Å². The van der Waals surface area contributed by atoms with Crippen molar-refractivity contribution in [3.05, 3.63) is 0 Å². The summed E-state index contributed by atoms with van der Waals surface area (Å²) in [5.41, 5.74) is 0. The Morgan fingerprint density at radius 1 is 1.00 bits per heavy atom. The van der Waals surface area contributed by atoms with E-state index in [4.69, 9.17) is 9.47 Å². The standard InChI is InChI=1S/C14H28O4/c1-4-13(3)9-7-6-8-10-16-11-12-18-14(15)17-5-2/h13H,4-12H2,1-3H3. The lowest BCUT2D eigenvalue weighted by molar-refractivity contribution is 0.0287. The van der Waals surface area contributed by atoms with Crippen molar-refractivity contribution in [1.29, 1.82) is 0 Å². The average molecular weight is 260 g/mol. The number of ether oxygens (including phenoxy) is 3. The smallest absolute Gasteiger partial charge is 0.435 e. The highest BCUT2D eigenvalue weighted by molar-refractivity contribution is 5.59. The van der Waals surface area contributed by atoms with Gasteiger partial charge in [0.1, 0.15) is 6.61 Å². The van der Waals surface area contributed by atoms with E-state index in [0.29, 0.717) is 13.2 Å². The fourth-order valence-electron chi connectivity index (χ4n) is 1.52. The predicted octanol–water partition coefficient (Wildman–Crippen LogP) is 3.78. The minimum atomic E-state index is -0.616. The summed E-state index contributed by atoms with van der Waals surface area (Å²) in [6.07, 6.45) is 5.52. The fraction of sp³-hybridized carbons (Fsp3) is 0.929. The molecule has 18 heavy (non-hydrogen) atoms. The van der Waals surface area contributed by atoms with Gasteiger partial charge in [-0.3, -0.25) is 0 Å². The van der Waals surface area contributed by atoms with Crippen molar-refractivity contribution in [2.24, 2.45) is 5.92 Å². The lowest BCUT2D eigenvalue weighted by atomic mass is 10.0. The Morgan fingerprint density at radius 2 is 1.78 bits per heavy atom. The van der Waals surface area contributed by atoms with Crippen LogP contribution in [0.1, 0.15) is 52.9 Å². The van der Waals surface area contributed by atoms with Crippen molar-refractivity contribution in [3.63, 3.8) is 0 Å². The van der Waals surface area contributed by atoms with Crippen LogP contribution >= 0.6 is 0 Å². The molecule has 0 aliphatic carbocycles. The molecule has 0 radical (unpaired) electrons. The lowest BCUT2D eigenvalue weighted by Crippen LogP contribution is -2.12. The van der Waals surface area contributed by atoms with Crippen molar-refractivity contribution in [1.82, 2.24) is 0 Å². The van der Waals surface area contributed by atoms with Crippen LogP contribution in [0.2, 0.25) is 0 Å². The van der Waals surface area contributed by atoms with Crippen LogP contribution in [0, 0.1) is 5.92 Å². The summed E-state index contributed by atoms with van der Waals surface area (Å²) in [6, 6.07) is 0. The average Bonchev–Trinajstić information content (AvgIpc) is 2.36. The molecule has 0 spiro atoms. The number of rotatable bonds is 11. The van der Waals surface area contributed by atoms with Gasteiger partial charge in [-0.2, -0.15) is 0 Å². The van der Waals surface area contributed by atoms with Crippen molar-refractivity contribution in [3.8, 4) is 0 Å². The van der Waals surface area contributed by atoms with Crippen LogP contribution in [0.25, 0.3) is 0 Å². The summed E-state index contributed by atoms with van der Waals surface area (Å²) in [5.74, 6) is 0.837. The van der Waals surface area contributed by atoms with Crippen LogP contribution in [0.3, 0.4) is 0 Å². The first-order chi connectivity index (χ1) is 8.70. The van der Waals surface area contributed by atoms with E-state index in [-0.39, 0.29) is 6.61 Å². The van der Waals surface area contributed by atoms with E-state index in [9.17, 15) is 4.79 Å². The number of carbonyl (C=O) groups is 1. The van der Waals surface area contributed by atoms with Gasteiger partial charge in [-0.1, -0.05) is 39.5 Å². The minimum absolute atomic E-state index is 0.270. The maximum atomic E-state index is 10.8. The van der Waals surface area contributed by atoms with Crippen molar-refractivity contribution >= 4 is 6.16 Å². The van der Waals surface area contributed by atoms with E-state index in [1.165, 1.54) is 25.7 Å². The molecule has 0 aromatic heterocycles. The van der Waals surface area contributed by atoms with Crippen molar-refractivity contribution in [2.45, 2.75) is 52.9 Å². The van der Waals surface area contributed by atoms with Gasteiger partial charge in [0, 0.05) is 6.61 Å². The fourth-order valence-corrected chi connectivity index (χ4v) is 1.52. The Hall–Kier alpha value is -0.770. The summed E-state index contributed by atoms with van der Waals surface area (Å²) in [4.78, 5) is 10.8. The molecular weight excluding hydrogens is 232 g/mol. The summed E-state index contributed by atoms with van der Waals surface area (Å²) in [7, 11) is 0. The molecule has 0 bridgehead atoms. The second-order valence-electron chi connectivity index (χ2n) is 4.51.